The lowest BCUT2D eigenvalue weighted by Crippen LogP contribution is -2.31. The lowest BCUT2D eigenvalue weighted by molar-refractivity contribution is 0.620. The molecule has 0 atom stereocenters. The van der Waals surface area contributed by atoms with Gasteiger partial charge in [-0.3, -0.25) is 5.32 Å². The van der Waals surface area contributed by atoms with Gasteiger partial charge in [0.05, 0.1) is 13.3 Å². The molecule has 0 aliphatic heterocycles. The summed E-state index contributed by atoms with van der Waals surface area (Å²) in [6.07, 6.45) is 7.56. The first-order valence-corrected chi connectivity index (χ1v) is 5.67. The maximum Gasteiger partial charge on any atom is 0.0661 e. The van der Waals surface area contributed by atoms with Crippen LogP contribution in [0.3, 0.4) is 0 Å². The smallest absolute Gasteiger partial charge is 0.0661 e. The Bertz CT molecular complexity index is 134. The fourth-order valence-corrected chi connectivity index (χ4v) is 0.856. The Morgan fingerprint density at radius 3 is 2.23 bits per heavy atom. The molecule has 0 aliphatic rings. The van der Waals surface area contributed by atoms with Gasteiger partial charge in [0.2, 0.25) is 0 Å². The number of nitrogens with one attached hydrogen (secondary N) is 3. The zero-order valence-corrected chi connectivity index (χ0v) is 9.74. The van der Waals surface area contributed by atoms with E-state index in [0.717, 1.165) is 18.7 Å². The maximum absolute atomic E-state index is 5.43. The predicted molar refractivity (Wildman–Crippen MR) is 61.9 cm³/mol. The van der Waals surface area contributed by atoms with Gasteiger partial charge < -0.3 is 10.6 Å². The van der Waals surface area contributed by atoms with E-state index in [1.807, 2.05) is 24.6 Å². The highest BCUT2D eigenvalue weighted by atomic mass is 79.9. The van der Waals surface area contributed by atoms with Gasteiger partial charge in [0.25, 0.3) is 0 Å². The highest BCUT2D eigenvalue weighted by Crippen LogP contribution is 1.77. The van der Waals surface area contributed by atoms with Crippen molar-refractivity contribution in [1.29, 1.82) is 0 Å². The fourth-order valence-electron chi connectivity index (χ4n) is 0.580. The molecule has 0 heterocycles. The van der Waals surface area contributed by atoms with Crippen LogP contribution >= 0.6 is 27.5 Å². The summed E-state index contributed by atoms with van der Waals surface area (Å²) in [5.41, 5.74) is 0. The largest absolute Gasteiger partial charge is 0.379 e. The van der Waals surface area contributed by atoms with Crippen molar-refractivity contribution in [3.63, 3.8) is 0 Å². The van der Waals surface area contributed by atoms with Crippen molar-refractivity contribution < 1.29 is 0 Å². The molecular formula is C8H15BrClN3. The van der Waals surface area contributed by atoms with Crippen LogP contribution in [-0.2, 0) is 0 Å². The third-order valence-corrected chi connectivity index (χ3v) is 1.66. The number of alkyl halides is 2. The Hall–Kier alpha value is -0.190. The van der Waals surface area contributed by atoms with Gasteiger partial charge in [-0.2, -0.15) is 0 Å². The summed E-state index contributed by atoms with van der Waals surface area (Å²) < 4.78 is 0. The van der Waals surface area contributed by atoms with E-state index >= 15 is 0 Å². The molecule has 0 aliphatic carbocycles. The highest BCUT2D eigenvalue weighted by molar-refractivity contribution is 9.09. The molecule has 13 heavy (non-hydrogen) atoms. The predicted octanol–water partition coefficient (Wildman–Crippen LogP) is 1.33. The van der Waals surface area contributed by atoms with E-state index in [4.69, 9.17) is 11.6 Å². The summed E-state index contributed by atoms with van der Waals surface area (Å²) in [6.45, 7) is 1.47. The van der Waals surface area contributed by atoms with E-state index in [-0.39, 0.29) is 0 Å². The Kier molecular flexibility index (Phi) is 11.6. The van der Waals surface area contributed by atoms with Crippen LogP contribution < -0.4 is 16.0 Å². The van der Waals surface area contributed by atoms with Crippen LogP contribution in [0.5, 0.6) is 0 Å². The first kappa shape index (κ1) is 12.8. The Morgan fingerprint density at radius 1 is 1.08 bits per heavy atom. The van der Waals surface area contributed by atoms with Crippen LogP contribution in [0.2, 0.25) is 0 Å². The van der Waals surface area contributed by atoms with Crippen LogP contribution in [0.4, 0.5) is 0 Å². The standard InChI is InChI=1S/C8H15BrClN3/c9-3-1-5-11-7-13-8-12-6-2-4-10/h1-2,5-6,11-13H,3-4,7-8H2. The monoisotopic (exact) mass is 267 g/mol. The van der Waals surface area contributed by atoms with Crippen molar-refractivity contribution >= 4 is 27.5 Å². The summed E-state index contributed by atoms with van der Waals surface area (Å²) >= 11 is 8.71. The molecule has 0 amide bonds. The number of halogens is 2. The molecule has 0 spiro atoms. The minimum Gasteiger partial charge on any atom is -0.379 e. The highest BCUT2D eigenvalue weighted by Gasteiger charge is 1.78. The summed E-state index contributed by atoms with van der Waals surface area (Å²) in [5, 5.41) is 10.1. The van der Waals surface area contributed by atoms with Crippen LogP contribution in [0.25, 0.3) is 0 Å². The topological polar surface area (TPSA) is 36.1 Å². The quantitative estimate of drug-likeness (QED) is 0.353. The second-order valence-corrected chi connectivity index (χ2v) is 3.08. The van der Waals surface area contributed by atoms with Crippen LogP contribution in [-0.4, -0.2) is 24.5 Å². The van der Waals surface area contributed by atoms with Crippen molar-refractivity contribution in [1.82, 2.24) is 16.0 Å². The molecule has 0 bridgehead atoms. The molecule has 0 aromatic carbocycles. The molecular weight excluding hydrogens is 253 g/mol. The molecule has 5 heteroatoms. The lowest BCUT2D eigenvalue weighted by atomic mass is 10.7. The van der Waals surface area contributed by atoms with E-state index in [9.17, 15) is 0 Å². The van der Waals surface area contributed by atoms with Gasteiger partial charge in [-0.1, -0.05) is 28.1 Å². The van der Waals surface area contributed by atoms with Gasteiger partial charge in [-0.25, -0.2) is 0 Å². The van der Waals surface area contributed by atoms with Crippen LogP contribution in [0.1, 0.15) is 0 Å². The first-order chi connectivity index (χ1) is 6.41. The first-order valence-electron chi connectivity index (χ1n) is 4.01. The molecule has 0 rings (SSSR count). The van der Waals surface area contributed by atoms with E-state index in [0.29, 0.717) is 5.88 Å². The molecule has 0 saturated carbocycles. The number of allylic oxidation sites excluding steroid dienone is 2. The Balaban J connectivity index is 2.99. The second-order valence-electron chi connectivity index (χ2n) is 2.13. The third kappa shape index (κ3) is 11.8. The van der Waals surface area contributed by atoms with Crippen LogP contribution in [0.15, 0.2) is 24.6 Å². The number of rotatable bonds is 8. The molecule has 3 N–H and O–H groups in total. The molecule has 0 fully saturated rings. The van der Waals surface area contributed by atoms with Gasteiger partial charge in [0.1, 0.15) is 0 Å². The van der Waals surface area contributed by atoms with Crippen LogP contribution in [0, 0.1) is 0 Å². The lowest BCUT2D eigenvalue weighted by Gasteiger charge is -2.03. The molecule has 0 aromatic heterocycles. The minimum atomic E-state index is 0.541. The molecule has 76 valence electrons. The van der Waals surface area contributed by atoms with Gasteiger partial charge in [-0.15, -0.1) is 11.6 Å². The van der Waals surface area contributed by atoms with Gasteiger partial charge in [0.15, 0.2) is 0 Å². The molecule has 0 unspecified atom stereocenters. The maximum atomic E-state index is 5.43. The molecule has 0 radical (unpaired) electrons. The second kappa shape index (κ2) is 11.8. The minimum absolute atomic E-state index is 0.541. The summed E-state index contributed by atoms with van der Waals surface area (Å²) in [5.74, 6) is 0.541. The SMILES string of the molecule is ClCC=CNCNCNC=CCBr. The normalized spacial score (nSPS) is 11.2. The van der Waals surface area contributed by atoms with Crippen molar-refractivity contribution in [2.24, 2.45) is 0 Å². The van der Waals surface area contributed by atoms with E-state index < -0.39 is 0 Å². The number of hydrogen-bond acceptors (Lipinski definition) is 3. The zero-order valence-electron chi connectivity index (χ0n) is 7.39. The average molecular weight is 269 g/mol. The van der Waals surface area contributed by atoms with E-state index in [1.165, 1.54) is 0 Å². The van der Waals surface area contributed by atoms with Crippen molar-refractivity contribution in [3.8, 4) is 0 Å². The Morgan fingerprint density at radius 2 is 1.69 bits per heavy atom. The summed E-state index contributed by atoms with van der Waals surface area (Å²) in [6, 6.07) is 0. The van der Waals surface area contributed by atoms with Gasteiger partial charge in [0, 0.05) is 11.2 Å². The summed E-state index contributed by atoms with van der Waals surface area (Å²) in [4.78, 5) is 0. The van der Waals surface area contributed by atoms with Gasteiger partial charge in [-0.05, 0) is 12.4 Å². The van der Waals surface area contributed by atoms with E-state index in [2.05, 4.69) is 31.9 Å². The van der Waals surface area contributed by atoms with Crippen molar-refractivity contribution in [3.05, 3.63) is 24.6 Å². The fraction of sp³-hybridized carbons (Fsp3) is 0.500. The average Bonchev–Trinajstić information content (AvgIpc) is 2.16. The third-order valence-electron chi connectivity index (χ3n) is 1.10. The van der Waals surface area contributed by atoms with Crippen molar-refractivity contribution in [2.45, 2.75) is 0 Å². The molecule has 0 aromatic rings. The molecule has 0 saturated heterocycles. The molecule has 3 nitrogen and oxygen atoms in total. The van der Waals surface area contributed by atoms with Crippen molar-refractivity contribution in [2.75, 3.05) is 24.5 Å². The summed E-state index contributed by atoms with van der Waals surface area (Å²) in [7, 11) is 0. The Labute approximate surface area is 92.7 Å². The number of hydrogen-bond donors (Lipinski definition) is 3. The van der Waals surface area contributed by atoms with E-state index in [1.54, 1.807) is 0 Å². The van der Waals surface area contributed by atoms with Gasteiger partial charge >= 0.3 is 0 Å². The zero-order chi connectivity index (χ0) is 9.78.